The topological polar surface area (TPSA) is 30.5 Å². The van der Waals surface area contributed by atoms with E-state index in [2.05, 4.69) is 26.0 Å². The minimum atomic E-state index is -4.27. The quantitative estimate of drug-likeness (QED) is 0.756. The van der Waals surface area contributed by atoms with Crippen LogP contribution in [0.4, 0.5) is 13.2 Å². The van der Waals surface area contributed by atoms with Gasteiger partial charge in [-0.1, -0.05) is 6.07 Å². The molecule has 0 aliphatic heterocycles. The van der Waals surface area contributed by atoms with E-state index >= 15 is 0 Å². The Bertz CT molecular complexity index is 427. The van der Waals surface area contributed by atoms with E-state index in [1.54, 1.807) is 7.11 Å². The molecular weight excluding hydrogens is 339 g/mol. The zero-order chi connectivity index (χ0) is 15.2. The highest BCUT2D eigenvalue weighted by atomic mass is 79.9. The first-order valence-corrected chi connectivity index (χ1v) is 6.84. The van der Waals surface area contributed by atoms with Crippen molar-refractivity contribution in [2.24, 2.45) is 0 Å². The van der Waals surface area contributed by atoms with Crippen LogP contribution in [0.1, 0.15) is 18.5 Å². The van der Waals surface area contributed by atoms with Crippen LogP contribution < -0.4 is 10.1 Å². The van der Waals surface area contributed by atoms with Crippen LogP contribution in [0.2, 0.25) is 0 Å². The molecule has 1 aromatic carbocycles. The van der Waals surface area contributed by atoms with Crippen LogP contribution in [0, 0.1) is 0 Å². The van der Waals surface area contributed by atoms with Crippen molar-refractivity contribution >= 4 is 15.9 Å². The number of alkyl halides is 3. The molecular formula is C13H17BrF3NO2. The number of hydrogen-bond donors (Lipinski definition) is 1. The first kappa shape index (κ1) is 17.3. The van der Waals surface area contributed by atoms with Crippen molar-refractivity contribution in [1.82, 2.24) is 5.32 Å². The number of rotatable bonds is 7. The van der Waals surface area contributed by atoms with E-state index < -0.39 is 12.8 Å². The summed E-state index contributed by atoms with van der Waals surface area (Å²) in [6, 6.07) is 5.65. The highest BCUT2D eigenvalue weighted by molar-refractivity contribution is 9.10. The van der Waals surface area contributed by atoms with E-state index in [4.69, 9.17) is 4.74 Å². The van der Waals surface area contributed by atoms with Gasteiger partial charge in [0.2, 0.25) is 0 Å². The maximum Gasteiger partial charge on any atom is 0.411 e. The van der Waals surface area contributed by atoms with E-state index in [-0.39, 0.29) is 12.6 Å². The molecule has 1 rings (SSSR count). The van der Waals surface area contributed by atoms with E-state index in [1.165, 1.54) is 0 Å². The Labute approximate surface area is 124 Å². The summed E-state index contributed by atoms with van der Waals surface area (Å²) in [6.07, 6.45) is -4.27. The van der Waals surface area contributed by atoms with Crippen LogP contribution in [-0.4, -0.2) is 33.0 Å². The maximum atomic E-state index is 11.9. The second-order valence-corrected chi connectivity index (χ2v) is 5.09. The highest BCUT2D eigenvalue weighted by Gasteiger charge is 2.27. The number of hydrogen-bond acceptors (Lipinski definition) is 3. The van der Waals surface area contributed by atoms with Crippen molar-refractivity contribution in [3.8, 4) is 5.75 Å². The molecule has 0 aromatic heterocycles. The van der Waals surface area contributed by atoms with Crippen molar-refractivity contribution in [2.45, 2.75) is 19.1 Å². The van der Waals surface area contributed by atoms with Gasteiger partial charge in [-0.3, -0.25) is 0 Å². The Hall–Kier alpha value is -0.790. The van der Waals surface area contributed by atoms with Crippen LogP contribution in [-0.2, 0) is 4.74 Å². The zero-order valence-corrected chi connectivity index (χ0v) is 12.8. The fraction of sp³-hybridized carbons (Fsp3) is 0.538. The average Bonchev–Trinajstić information content (AvgIpc) is 2.36. The molecule has 0 saturated carbocycles. The Morgan fingerprint density at radius 3 is 2.60 bits per heavy atom. The number of benzene rings is 1. The highest BCUT2D eigenvalue weighted by Crippen LogP contribution is 2.27. The summed E-state index contributed by atoms with van der Waals surface area (Å²) in [5, 5.41) is 3.10. The summed E-state index contributed by atoms with van der Waals surface area (Å²) < 4.78 is 46.1. The van der Waals surface area contributed by atoms with Gasteiger partial charge in [-0.05, 0) is 40.5 Å². The zero-order valence-electron chi connectivity index (χ0n) is 11.3. The second kappa shape index (κ2) is 7.85. The van der Waals surface area contributed by atoms with Gasteiger partial charge in [0.1, 0.15) is 12.4 Å². The maximum absolute atomic E-state index is 11.9. The van der Waals surface area contributed by atoms with Crippen molar-refractivity contribution < 1.29 is 22.6 Å². The lowest BCUT2D eigenvalue weighted by atomic mass is 10.1. The SMILES string of the molecule is COc1ccc(C(C)NCCOCC(F)(F)F)cc1Br. The summed E-state index contributed by atoms with van der Waals surface area (Å²) >= 11 is 3.39. The molecule has 0 bridgehead atoms. The smallest absolute Gasteiger partial charge is 0.411 e. The van der Waals surface area contributed by atoms with Crippen LogP contribution in [0.3, 0.4) is 0 Å². The lowest BCUT2D eigenvalue weighted by Gasteiger charge is -2.16. The van der Waals surface area contributed by atoms with Crippen LogP contribution in [0.15, 0.2) is 22.7 Å². The van der Waals surface area contributed by atoms with Crippen molar-refractivity contribution in [2.75, 3.05) is 26.9 Å². The molecule has 0 aliphatic carbocycles. The predicted octanol–water partition coefficient (Wildman–Crippen LogP) is 3.69. The van der Waals surface area contributed by atoms with Gasteiger partial charge in [-0.2, -0.15) is 13.2 Å². The van der Waals surface area contributed by atoms with E-state index in [1.807, 2.05) is 25.1 Å². The molecule has 0 spiro atoms. The van der Waals surface area contributed by atoms with Gasteiger partial charge >= 0.3 is 6.18 Å². The van der Waals surface area contributed by atoms with Gasteiger partial charge in [-0.25, -0.2) is 0 Å². The Morgan fingerprint density at radius 2 is 2.05 bits per heavy atom. The molecule has 1 atom stereocenters. The molecule has 0 heterocycles. The number of ether oxygens (including phenoxy) is 2. The van der Waals surface area contributed by atoms with Crippen molar-refractivity contribution in [3.63, 3.8) is 0 Å². The Kier molecular flexibility index (Phi) is 6.78. The van der Waals surface area contributed by atoms with Crippen molar-refractivity contribution in [1.29, 1.82) is 0 Å². The number of methoxy groups -OCH3 is 1. The average molecular weight is 356 g/mol. The molecule has 1 unspecified atom stereocenters. The molecule has 114 valence electrons. The van der Waals surface area contributed by atoms with Crippen LogP contribution >= 0.6 is 15.9 Å². The summed E-state index contributed by atoms with van der Waals surface area (Å²) in [5.74, 6) is 0.731. The van der Waals surface area contributed by atoms with Crippen molar-refractivity contribution in [3.05, 3.63) is 28.2 Å². The summed E-state index contributed by atoms with van der Waals surface area (Å²) in [4.78, 5) is 0. The fourth-order valence-corrected chi connectivity index (χ4v) is 2.16. The lowest BCUT2D eigenvalue weighted by Crippen LogP contribution is -2.26. The summed E-state index contributed by atoms with van der Waals surface area (Å²) in [5.41, 5.74) is 1.01. The summed E-state index contributed by atoms with van der Waals surface area (Å²) in [6.45, 7) is 1.08. The molecule has 0 aliphatic rings. The second-order valence-electron chi connectivity index (χ2n) is 4.24. The van der Waals surface area contributed by atoms with Crippen LogP contribution in [0.25, 0.3) is 0 Å². The van der Waals surface area contributed by atoms with E-state index in [9.17, 15) is 13.2 Å². The molecule has 0 saturated heterocycles. The van der Waals surface area contributed by atoms with Gasteiger partial charge in [0.25, 0.3) is 0 Å². The largest absolute Gasteiger partial charge is 0.496 e. The monoisotopic (exact) mass is 355 g/mol. The molecule has 1 N–H and O–H groups in total. The third-order valence-electron chi connectivity index (χ3n) is 2.64. The lowest BCUT2D eigenvalue weighted by molar-refractivity contribution is -0.173. The molecule has 20 heavy (non-hydrogen) atoms. The normalized spacial score (nSPS) is 13.3. The first-order valence-electron chi connectivity index (χ1n) is 6.05. The third-order valence-corrected chi connectivity index (χ3v) is 3.26. The Balaban J connectivity index is 2.36. The molecule has 7 heteroatoms. The van der Waals surface area contributed by atoms with E-state index in [0.29, 0.717) is 6.54 Å². The fourth-order valence-electron chi connectivity index (χ4n) is 1.61. The van der Waals surface area contributed by atoms with Gasteiger partial charge in [-0.15, -0.1) is 0 Å². The number of nitrogens with one attached hydrogen (secondary N) is 1. The Morgan fingerprint density at radius 1 is 1.35 bits per heavy atom. The summed E-state index contributed by atoms with van der Waals surface area (Å²) in [7, 11) is 1.58. The third kappa shape index (κ3) is 6.11. The molecule has 0 amide bonds. The molecule has 0 fully saturated rings. The minimum Gasteiger partial charge on any atom is -0.496 e. The molecule has 1 aromatic rings. The molecule has 0 radical (unpaired) electrons. The number of halogens is 4. The standard InChI is InChI=1S/C13H17BrF3NO2/c1-9(18-5-6-20-8-13(15,16)17)10-3-4-12(19-2)11(14)7-10/h3-4,7,9,18H,5-6,8H2,1-2H3. The van der Waals surface area contributed by atoms with Gasteiger partial charge in [0.15, 0.2) is 0 Å². The van der Waals surface area contributed by atoms with Crippen LogP contribution in [0.5, 0.6) is 5.75 Å². The predicted molar refractivity (Wildman–Crippen MR) is 74.0 cm³/mol. The van der Waals surface area contributed by atoms with Gasteiger partial charge < -0.3 is 14.8 Å². The van der Waals surface area contributed by atoms with Gasteiger partial charge in [0.05, 0.1) is 18.2 Å². The van der Waals surface area contributed by atoms with Gasteiger partial charge in [0, 0.05) is 12.6 Å². The van der Waals surface area contributed by atoms with E-state index in [0.717, 1.165) is 15.8 Å². The minimum absolute atomic E-state index is 0.00620. The molecule has 3 nitrogen and oxygen atoms in total. The first-order chi connectivity index (χ1) is 9.33.